The van der Waals surface area contributed by atoms with E-state index in [0.717, 1.165) is 12.1 Å². The Morgan fingerprint density at radius 3 is 2.30 bits per heavy atom. The molecule has 0 aliphatic carbocycles. The van der Waals surface area contributed by atoms with Crippen molar-refractivity contribution < 1.29 is 23.2 Å². The standard InChI is InChI=1S/C13H9Cl2NO6S/c1-21-11-6-8(2-3-12(11)23(19)20)22-13-9(14)4-7(16(17)18)5-10(13)15/h2-6H,1H3,(H,19,20). The van der Waals surface area contributed by atoms with Crippen molar-refractivity contribution in [2.45, 2.75) is 4.90 Å². The maximum Gasteiger partial charge on any atom is 0.272 e. The lowest BCUT2D eigenvalue weighted by Gasteiger charge is -2.12. The van der Waals surface area contributed by atoms with Gasteiger partial charge in [0.05, 0.1) is 22.1 Å². The van der Waals surface area contributed by atoms with Gasteiger partial charge in [-0.25, -0.2) is 4.21 Å². The average Bonchev–Trinajstić information content (AvgIpc) is 2.50. The van der Waals surface area contributed by atoms with E-state index in [1.54, 1.807) is 0 Å². The summed E-state index contributed by atoms with van der Waals surface area (Å²) in [5.74, 6) is 0.394. The van der Waals surface area contributed by atoms with Gasteiger partial charge < -0.3 is 14.0 Å². The highest BCUT2D eigenvalue weighted by atomic mass is 35.5. The van der Waals surface area contributed by atoms with E-state index < -0.39 is 16.0 Å². The maximum absolute atomic E-state index is 11.1. The highest BCUT2D eigenvalue weighted by molar-refractivity contribution is 7.79. The molecule has 122 valence electrons. The van der Waals surface area contributed by atoms with Crippen LogP contribution in [-0.2, 0) is 11.1 Å². The first-order valence-corrected chi connectivity index (χ1v) is 7.80. The Kier molecular flexibility index (Phi) is 5.42. The summed E-state index contributed by atoms with van der Waals surface area (Å²) in [6, 6.07) is 6.35. The van der Waals surface area contributed by atoms with Crippen molar-refractivity contribution in [1.29, 1.82) is 0 Å². The van der Waals surface area contributed by atoms with Crippen LogP contribution in [0.15, 0.2) is 35.2 Å². The number of nitro benzene ring substituents is 1. The lowest BCUT2D eigenvalue weighted by atomic mass is 10.3. The van der Waals surface area contributed by atoms with E-state index >= 15 is 0 Å². The first-order valence-electron chi connectivity index (χ1n) is 5.93. The summed E-state index contributed by atoms with van der Waals surface area (Å²) in [6.07, 6.45) is 0. The predicted molar refractivity (Wildman–Crippen MR) is 85.2 cm³/mol. The number of methoxy groups -OCH3 is 1. The third kappa shape index (κ3) is 3.91. The smallest absolute Gasteiger partial charge is 0.272 e. The predicted octanol–water partition coefficient (Wildman–Crippen LogP) is 4.28. The molecule has 2 aromatic rings. The fourth-order valence-corrected chi connectivity index (χ4v) is 2.77. The number of halogens is 2. The van der Waals surface area contributed by atoms with Gasteiger partial charge in [-0.1, -0.05) is 23.2 Å². The number of ether oxygens (including phenoxy) is 2. The number of rotatable bonds is 5. The minimum Gasteiger partial charge on any atom is -0.495 e. The summed E-state index contributed by atoms with van der Waals surface area (Å²) in [6.45, 7) is 0. The fourth-order valence-electron chi connectivity index (χ4n) is 1.72. The van der Waals surface area contributed by atoms with Crippen molar-refractivity contribution in [3.63, 3.8) is 0 Å². The highest BCUT2D eigenvalue weighted by Gasteiger charge is 2.17. The van der Waals surface area contributed by atoms with Crippen molar-refractivity contribution in [2.24, 2.45) is 0 Å². The van der Waals surface area contributed by atoms with Crippen molar-refractivity contribution in [1.82, 2.24) is 0 Å². The summed E-state index contributed by atoms with van der Waals surface area (Å²) < 4.78 is 30.8. The monoisotopic (exact) mass is 377 g/mol. The van der Waals surface area contributed by atoms with Gasteiger partial charge in [-0.15, -0.1) is 0 Å². The van der Waals surface area contributed by atoms with Crippen LogP contribution >= 0.6 is 23.2 Å². The van der Waals surface area contributed by atoms with Crippen LogP contribution in [-0.4, -0.2) is 20.8 Å². The molecule has 0 bridgehead atoms. The largest absolute Gasteiger partial charge is 0.495 e. The summed E-state index contributed by atoms with van der Waals surface area (Å²) in [7, 11) is 1.33. The molecule has 23 heavy (non-hydrogen) atoms. The molecule has 10 heteroatoms. The van der Waals surface area contributed by atoms with E-state index in [2.05, 4.69) is 0 Å². The van der Waals surface area contributed by atoms with Gasteiger partial charge in [0.1, 0.15) is 16.4 Å². The van der Waals surface area contributed by atoms with Crippen molar-refractivity contribution in [3.8, 4) is 17.2 Å². The lowest BCUT2D eigenvalue weighted by molar-refractivity contribution is -0.384. The summed E-state index contributed by atoms with van der Waals surface area (Å²) in [5.41, 5.74) is -0.268. The molecule has 1 unspecified atom stereocenters. The second-order valence-corrected chi connectivity index (χ2v) is 5.91. The molecule has 2 aromatic carbocycles. The van der Waals surface area contributed by atoms with Crippen molar-refractivity contribution in [2.75, 3.05) is 7.11 Å². The van der Waals surface area contributed by atoms with Crippen LogP contribution in [0.1, 0.15) is 0 Å². The molecule has 0 saturated carbocycles. The van der Waals surface area contributed by atoms with Crippen LogP contribution in [0.2, 0.25) is 10.0 Å². The Labute approximate surface area is 143 Å². The minimum absolute atomic E-state index is 0.0267. The Bertz CT molecular complexity index is 775. The number of nitrogens with zero attached hydrogens (tertiary/aromatic N) is 1. The highest BCUT2D eigenvalue weighted by Crippen LogP contribution is 2.40. The van der Waals surface area contributed by atoms with E-state index in [-0.39, 0.29) is 37.9 Å². The second-order valence-electron chi connectivity index (χ2n) is 4.16. The maximum atomic E-state index is 11.1. The van der Waals surface area contributed by atoms with Gasteiger partial charge in [-0.3, -0.25) is 10.1 Å². The van der Waals surface area contributed by atoms with Crippen LogP contribution in [0.3, 0.4) is 0 Å². The van der Waals surface area contributed by atoms with E-state index in [9.17, 15) is 14.3 Å². The molecule has 1 N–H and O–H groups in total. The zero-order valence-electron chi connectivity index (χ0n) is 11.5. The Morgan fingerprint density at radius 2 is 1.83 bits per heavy atom. The number of nitro groups is 1. The van der Waals surface area contributed by atoms with Crippen molar-refractivity contribution >= 4 is 40.0 Å². The van der Waals surface area contributed by atoms with Gasteiger partial charge in [0.15, 0.2) is 16.8 Å². The lowest BCUT2D eigenvalue weighted by Crippen LogP contribution is -1.96. The van der Waals surface area contributed by atoms with Gasteiger partial charge in [0.2, 0.25) is 0 Å². The zero-order chi connectivity index (χ0) is 17.1. The molecule has 0 aromatic heterocycles. The first-order chi connectivity index (χ1) is 10.8. The van der Waals surface area contributed by atoms with E-state index in [1.807, 2.05) is 0 Å². The minimum atomic E-state index is -2.22. The zero-order valence-corrected chi connectivity index (χ0v) is 13.8. The fraction of sp³-hybridized carbons (Fsp3) is 0.0769. The molecule has 0 aliphatic heterocycles. The van der Waals surface area contributed by atoms with Gasteiger partial charge in [-0.05, 0) is 12.1 Å². The summed E-state index contributed by atoms with van der Waals surface area (Å²) in [5, 5.41) is 10.7. The van der Waals surface area contributed by atoms with Gasteiger partial charge >= 0.3 is 0 Å². The number of hydrogen-bond acceptors (Lipinski definition) is 5. The van der Waals surface area contributed by atoms with Crippen LogP contribution in [0.5, 0.6) is 17.2 Å². The van der Waals surface area contributed by atoms with Gasteiger partial charge in [0.25, 0.3) is 5.69 Å². The van der Waals surface area contributed by atoms with E-state index in [4.69, 9.17) is 37.2 Å². The molecule has 0 saturated heterocycles. The number of benzene rings is 2. The third-order valence-corrected chi connectivity index (χ3v) is 4.01. The molecule has 0 radical (unpaired) electrons. The van der Waals surface area contributed by atoms with Gasteiger partial charge in [-0.2, -0.15) is 0 Å². The molecule has 1 atom stereocenters. The Balaban J connectivity index is 2.40. The molecular formula is C13H9Cl2NO6S. The van der Waals surface area contributed by atoms with Crippen LogP contribution in [0, 0.1) is 10.1 Å². The quantitative estimate of drug-likeness (QED) is 0.474. The molecular weight excluding hydrogens is 369 g/mol. The molecule has 7 nitrogen and oxygen atoms in total. The summed E-state index contributed by atoms with van der Waals surface area (Å²) >= 11 is 9.68. The third-order valence-electron chi connectivity index (χ3n) is 2.74. The normalized spacial score (nSPS) is 11.8. The Morgan fingerprint density at radius 1 is 1.22 bits per heavy atom. The average molecular weight is 378 g/mol. The topological polar surface area (TPSA) is 98.9 Å². The van der Waals surface area contributed by atoms with Gasteiger partial charge in [0, 0.05) is 18.2 Å². The molecule has 2 rings (SSSR count). The summed E-state index contributed by atoms with van der Waals surface area (Å²) in [4.78, 5) is 10.2. The molecule has 0 heterocycles. The SMILES string of the molecule is COc1cc(Oc2c(Cl)cc([N+](=O)[O-])cc2Cl)ccc1S(=O)O. The molecule has 0 fully saturated rings. The molecule has 0 spiro atoms. The van der Waals surface area contributed by atoms with E-state index in [0.29, 0.717) is 0 Å². The van der Waals surface area contributed by atoms with Crippen LogP contribution < -0.4 is 9.47 Å². The molecule has 0 amide bonds. The Hall–Kier alpha value is -1.87. The first kappa shape index (κ1) is 17.5. The van der Waals surface area contributed by atoms with Crippen molar-refractivity contribution in [3.05, 3.63) is 50.5 Å². The van der Waals surface area contributed by atoms with Crippen LogP contribution in [0.4, 0.5) is 5.69 Å². The second kappa shape index (κ2) is 7.14. The van der Waals surface area contributed by atoms with Crippen LogP contribution in [0.25, 0.3) is 0 Å². The number of non-ortho nitro benzene ring substituents is 1. The molecule has 0 aliphatic rings. The van der Waals surface area contributed by atoms with E-state index in [1.165, 1.54) is 25.3 Å². The number of hydrogen-bond donors (Lipinski definition) is 1.